The van der Waals surface area contributed by atoms with Crippen molar-refractivity contribution in [1.82, 2.24) is 4.98 Å². The van der Waals surface area contributed by atoms with Crippen LogP contribution >= 0.6 is 38.9 Å². The maximum Gasteiger partial charge on any atom is 0.267 e. The van der Waals surface area contributed by atoms with Gasteiger partial charge in [0.1, 0.15) is 4.88 Å². The summed E-state index contributed by atoms with van der Waals surface area (Å²) < 4.78 is 0.787. The predicted octanol–water partition coefficient (Wildman–Crippen LogP) is 3.81. The molecule has 0 spiro atoms. The van der Waals surface area contributed by atoms with E-state index in [-0.39, 0.29) is 5.91 Å². The maximum atomic E-state index is 11.7. The number of nitrogens with one attached hydrogen (secondary N) is 1. The number of hydrogen-bond acceptors (Lipinski definition) is 3. The highest BCUT2D eigenvalue weighted by Crippen LogP contribution is 2.26. The molecule has 0 aliphatic heterocycles. The molecule has 1 amide bonds. The first-order valence-corrected chi connectivity index (χ1v) is 6.37. The van der Waals surface area contributed by atoms with Gasteiger partial charge in [-0.1, -0.05) is 11.6 Å². The summed E-state index contributed by atoms with van der Waals surface area (Å²) in [5.41, 5.74) is 2.26. The molecule has 1 aromatic heterocycles. The zero-order valence-electron chi connectivity index (χ0n) is 7.91. The third-order valence-electron chi connectivity index (χ3n) is 1.83. The fourth-order valence-electron chi connectivity index (χ4n) is 1.11. The molecule has 1 aromatic carbocycles. The van der Waals surface area contributed by atoms with Gasteiger partial charge in [0.15, 0.2) is 0 Å². The first kappa shape index (κ1) is 11.6. The van der Waals surface area contributed by atoms with Crippen molar-refractivity contribution in [2.45, 2.75) is 0 Å². The number of carbonyl (C=O) groups is 1. The normalized spacial score (nSPS) is 10.1. The Labute approximate surface area is 110 Å². The highest BCUT2D eigenvalue weighted by Gasteiger charge is 2.09. The van der Waals surface area contributed by atoms with E-state index in [4.69, 9.17) is 11.6 Å². The van der Waals surface area contributed by atoms with Crippen LogP contribution in [0.1, 0.15) is 9.67 Å². The van der Waals surface area contributed by atoms with Crippen LogP contribution in [0.15, 0.2) is 34.4 Å². The Morgan fingerprint density at radius 2 is 2.31 bits per heavy atom. The summed E-state index contributed by atoms with van der Waals surface area (Å²) in [5.74, 6) is -0.189. The van der Waals surface area contributed by atoms with Gasteiger partial charge in [-0.15, -0.1) is 11.3 Å². The SMILES string of the molecule is O=C(Nc1cc(Cl)ccc1Br)c1cncs1. The van der Waals surface area contributed by atoms with Crippen molar-refractivity contribution >= 4 is 50.5 Å². The average Bonchev–Trinajstić information content (AvgIpc) is 2.76. The van der Waals surface area contributed by atoms with Crippen LogP contribution < -0.4 is 5.32 Å². The van der Waals surface area contributed by atoms with Gasteiger partial charge in [0, 0.05) is 9.50 Å². The number of benzene rings is 1. The summed E-state index contributed by atoms with van der Waals surface area (Å²) >= 11 is 10.5. The number of carbonyl (C=O) groups excluding carboxylic acids is 1. The smallest absolute Gasteiger partial charge is 0.267 e. The second kappa shape index (κ2) is 4.95. The summed E-state index contributed by atoms with van der Waals surface area (Å²) in [5, 5.41) is 3.33. The molecule has 0 saturated heterocycles. The molecule has 0 saturated carbocycles. The van der Waals surface area contributed by atoms with E-state index in [0.717, 1.165) is 4.47 Å². The minimum Gasteiger partial charge on any atom is -0.320 e. The molecule has 0 aliphatic carbocycles. The van der Waals surface area contributed by atoms with Crippen molar-refractivity contribution < 1.29 is 4.79 Å². The van der Waals surface area contributed by atoms with Crippen LogP contribution in [-0.2, 0) is 0 Å². The Morgan fingerprint density at radius 3 is 3.00 bits per heavy atom. The summed E-state index contributed by atoms with van der Waals surface area (Å²) in [6.07, 6.45) is 1.53. The quantitative estimate of drug-likeness (QED) is 0.915. The van der Waals surface area contributed by atoms with Crippen LogP contribution in [0.2, 0.25) is 5.02 Å². The molecule has 0 unspecified atom stereocenters. The molecule has 0 aliphatic rings. The van der Waals surface area contributed by atoms with Crippen LogP contribution in [-0.4, -0.2) is 10.9 Å². The predicted molar refractivity (Wildman–Crippen MR) is 69.2 cm³/mol. The number of nitrogens with zero attached hydrogens (tertiary/aromatic N) is 1. The fraction of sp³-hybridized carbons (Fsp3) is 0. The van der Waals surface area contributed by atoms with Crippen molar-refractivity contribution in [2.24, 2.45) is 0 Å². The van der Waals surface area contributed by atoms with E-state index >= 15 is 0 Å². The van der Waals surface area contributed by atoms with Crippen molar-refractivity contribution in [1.29, 1.82) is 0 Å². The highest BCUT2D eigenvalue weighted by atomic mass is 79.9. The molecule has 2 aromatic rings. The minimum atomic E-state index is -0.189. The lowest BCUT2D eigenvalue weighted by molar-refractivity contribution is 0.103. The summed E-state index contributed by atoms with van der Waals surface area (Å²) in [4.78, 5) is 16.1. The molecular weight excluding hydrogens is 312 g/mol. The van der Waals surface area contributed by atoms with E-state index < -0.39 is 0 Å². The second-order valence-electron chi connectivity index (χ2n) is 2.94. The van der Waals surface area contributed by atoms with E-state index in [2.05, 4.69) is 26.2 Å². The number of aromatic nitrogens is 1. The molecule has 1 N–H and O–H groups in total. The Hall–Kier alpha value is -0.910. The zero-order chi connectivity index (χ0) is 11.5. The van der Waals surface area contributed by atoms with Gasteiger partial charge in [0.05, 0.1) is 17.4 Å². The largest absolute Gasteiger partial charge is 0.320 e. The fourth-order valence-corrected chi connectivity index (χ4v) is 2.14. The first-order valence-electron chi connectivity index (χ1n) is 4.32. The lowest BCUT2D eigenvalue weighted by Crippen LogP contribution is -2.10. The molecule has 3 nitrogen and oxygen atoms in total. The molecule has 2 rings (SSSR count). The topological polar surface area (TPSA) is 42.0 Å². The van der Waals surface area contributed by atoms with Gasteiger partial charge in [0.2, 0.25) is 0 Å². The molecule has 0 atom stereocenters. The van der Waals surface area contributed by atoms with E-state index in [1.807, 2.05) is 0 Å². The van der Waals surface area contributed by atoms with Crippen LogP contribution in [0.3, 0.4) is 0 Å². The number of anilines is 1. The number of hydrogen-bond donors (Lipinski definition) is 1. The van der Waals surface area contributed by atoms with Gasteiger partial charge in [-0.25, -0.2) is 0 Å². The molecule has 1 heterocycles. The van der Waals surface area contributed by atoms with Gasteiger partial charge in [-0.05, 0) is 34.1 Å². The number of halogens is 2. The molecule has 82 valence electrons. The lowest BCUT2D eigenvalue weighted by atomic mass is 10.3. The Kier molecular flexibility index (Phi) is 3.58. The van der Waals surface area contributed by atoms with E-state index in [1.54, 1.807) is 23.7 Å². The third kappa shape index (κ3) is 2.61. The van der Waals surface area contributed by atoms with Crippen molar-refractivity contribution in [2.75, 3.05) is 5.32 Å². The lowest BCUT2D eigenvalue weighted by Gasteiger charge is -2.06. The van der Waals surface area contributed by atoms with Gasteiger partial charge in [-0.2, -0.15) is 0 Å². The first-order chi connectivity index (χ1) is 7.66. The number of thiazole rings is 1. The highest BCUT2D eigenvalue weighted by molar-refractivity contribution is 9.10. The summed E-state index contributed by atoms with van der Waals surface area (Å²) in [6.45, 7) is 0. The standard InChI is InChI=1S/C10H6BrClN2OS/c11-7-2-1-6(12)3-8(7)14-10(15)9-4-13-5-16-9/h1-5H,(H,14,15). The van der Waals surface area contributed by atoms with Crippen molar-refractivity contribution in [3.8, 4) is 0 Å². The Bertz CT molecular complexity index is 516. The van der Waals surface area contributed by atoms with Gasteiger partial charge in [0.25, 0.3) is 5.91 Å². The Balaban J connectivity index is 2.21. The molecule has 0 bridgehead atoms. The maximum absolute atomic E-state index is 11.7. The van der Waals surface area contributed by atoms with Crippen molar-refractivity contribution in [3.05, 3.63) is 44.3 Å². The average molecular weight is 318 g/mol. The molecule has 0 radical (unpaired) electrons. The Morgan fingerprint density at radius 1 is 1.50 bits per heavy atom. The second-order valence-corrected chi connectivity index (χ2v) is 5.12. The van der Waals surface area contributed by atoms with Crippen LogP contribution in [0.25, 0.3) is 0 Å². The van der Waals surface area contributed by atoms with Crippen molar-refractivity contribution in [3.63, 3.8) is 0 Å². The minimum absolute atomic E-state index is 0.189. The van der Waals surface area contributed by atoms with Crippen LogP contribution in [0.5, 0.6) is 0 Å². The van der Waals surface area contributed by atoms with Gasteiger partial charge < -0.3 is 5.32 Å². The van der Waals surface area contributed by atoms with E-state index in [0.29, 0.717) is 15.6 Å². The monoisotopic (exact) mass is 316 g/mol. The molecule has 6 heteroatoms. The third-order valence-corrected chi connectivity index (χ3v) is 3.53. The van der Waals surface area contributed by atoms with Crippen LogP contribution in [0, 0.1) is 0 Å². The van der Waals surface area contributed by atoms with E-state index in [9.17, 15) is 4.79 Å². The molecule has 16 heavy (non-hydrogen) atoms. The van der Waals surface area contributed by atoms with Crippen LogP contribution in [0.4, 0.5) is 5.69 Å². The van der Waals surface area contributed by atoms with Gasteiger partial charge >= 0.3 is 0 Å². The molecule has 0 fully saturated rings. The molecular formula is C10H6BrClN2OS. The van der Waals surface area contributed by atoms with E-state index in [1.165, 1.54) is 17.5 Å². The van der Waals surface area contributed by atoms with Gasteiger partial charge in [-0.3, -0.25) is 9.78 Å². The summed E-state index contributed by atoms with van der Waals surface area (Å²) in [6, 6.07) is 5.21. The number of amides is 1. The summed E-state index contributed by atoms with van der Waals surface area (Å²) in [7, 11) is 0. The number of rotatable bonds is 2. The zero-order valence-corrected chi connectivity index (χ0v) is 11.1.